The van der Waals surface area contributed by atoms with Crippen molar-refractivity contribution in [3.63, 3.8) is 0 Å². The molecule has 1 unspecified atom stereocenters. The molecule has 4 aromatic rings. The Morgan fingerprint density at radius 3 is 2.42 bits per heavy atom. The first-order valence-electron chi connectivity index (χ1n) is 12.8. The topological polar surface area (TPSA) is 55.2 Å². The number of nitrogens with zero attached hydrogens (tertiary/aromatic N) is 3. The van der Waals surface area contributed by atoms with E-state index in [1.165, 1.54) is 5.56 Å². The van der Waals surface area contributed by atoms with Crippen LogP contribution in [0.25, 0.3) is 16.6 Å². The van der Waals surface area contributed by atoms with Crippen molar-refractivity contribution in [3.05, 3.63) is 106 Å². The number of aromatic nitrogens is 2. The van der Waals surface area contributed by atoms with Crippen LogP contribution in [0, 0.1) is 13.8 Å². The summed E-state index contributed by atoms with van der Waals surface area (Å²) in [5.74, 6) is 0.675. The molecular weight excluding hydrogens is 446 g/mol. The molecule has 0 bridgehead atoms. The molecule has 0 saturated carbocycles. The fraction of sp³-hybridized carbons (Fsp3) is 0.323. The molecule has 5 heteroatoms. The van der Waals surface area contributed by atoms with Crippen molar-refractivity contribution in [1.29, 1.82) is 0 Å². The summed E-state index contributed by atoms with van der Waals surface area (Å²) in [6, 6.07) is 23.3. The zero-order chi connectivity index (χ0) is 25.7. The molecule has 186 valence electrons. The first-order chi connectivity index (χ1) is 17.4. The van der Waals surface area contributed by atoms with Gasteiger partial charge in [0.25, 0.3) is 5.56 Å². The van der Waals surface area contributed by atoms with Crippen molar-refractivity contribution < 1.29 is 4.79 Å². The lowest BCUT2D eigenvalue weighted by Crippen LogP contribution is -2.38. The van der Waals surface area contributed by atoms with Crippen LogP contribution < -0.4 is 5.56 Å². The van der Waals surface area contributed by atoms with E-state index in [4.69, 9.17) is 4.98 Å². The molecule has 0 aliphatic heterocycles. The molecule has 36 heavy (non-hydrogen) atoms. The highest BCUT2D eigenvalue weighted by Crippen LogP contribution is 2.25. The van der Waals surface area contributed by atoms with Gasteiger partial charge in [0.1, 0.15) is 5.82 Å². The number of aryl methyl sites for hydroxylation is 2. The number of fused-ring (bicyclic) bond motifs is 1. The summed E-state index contributed by atoms with van der Waals surface area (Å²) in [6.07, 6.45) is 3.01. The fourth-order valence-corrected chi connectivity index (χ4v) is 4.58. The predicted molar refractivity (Wildman–Crippen MR) is 147 cm³/mol. The van der Waals surface area contributed by atoms with Crippen LogP contribution in [0.4, 0.5) is 0 Å². The Morgan fingerprint density at radius 2 is 1.69 bits per heavy atom. The molecule has 0 aliphatic carbocycles. The lowest BCUT2D eigenvalue weighted by molar-refractivity contribution is -0.133. The van der Waals surface area contributed by atoms with Crippen molar-refractivity contribution >= 4 is 16.8 Å². The van der Waals surface area contributed by atoms with Gasteiger partial charge in [-0.25, -0.2) is 4.98 Å². The molecule has 1 amide bonds. The largest absolute Gasteiger partial charge is 0.332 e. The highest BCUT2D eigenvalue weighted by Gasteiger charge is 2.26. The fourth-order valence-electron chi connectivity index (χ4n) is 4.58. The number of unbranched alkanes of at least 4 members (excludes halogenated alkanes) is 1. The van der Waals surface area contributed by atoms with Crippen molar-refractivity contribution in [2.75, 3.05) is 6.54 Å². The van der Waals surface area contributed by atoms with E-state index in [2.05, 4.69) is 26.0 Å². The summed E-state index contributed by atoms with van der Waals surface area (Å²) in [6.45, 7) is 8.74. The Morgan fingerprint density at radius 1 is 0.972 bits per heavy atom. The summed E-state index contributed by atoms with van der Waals surface area (Å²) < 4.78 is 1.70. The molecule has 4 rings (SSSR count). The maximum atomic E-state index is 13.8. The van der Waals surface area contributed by atoms with Gasteiger partial charge in [0.2, 0.25) is 5.91 Å². The van der Waals surface area contributed by atoms with Gasteiger partial charge >= 0.3 is 0 Å². The van der Waals surface area contributed by atoms with Crippen LogP contribution in [-0.4, -0.2) is 26.9 Å². The van der Waals surface area contributed by atoms with Gasteiger partial charge in [-0.15, -0.1) is 0 Å². The maximum Gasteiger partial charge on any atom is 0.266 e. The summed E-state index contributed by atoms with van der Waals surface area (Å²) in [5.41, 5.74) is 4.74. The van der Waals surface area contributed by atoms with Crippen LogP contribution in [0.2, 0.25) is 0 Å². The highest BCUT2D eigenvalue weighted by molar-refractivity contribution is 5.79. The zero-order valence-electron chi connectivity index (χ0n) is 21.7. The van der Waals surface area contributed by atoms with Crippen LogP contribution in [0.5, 0.6) is 0 Å². The number of amides is 1. The number of hydrogen-bond acceptors (Lipinski definition) is 3. The molecule has 0 fully saturated rings. The first-order valence-corrected chi connectivity index (χ1v) is 12.8. The molecule has 0 spiro atoms. The summed E-state index contributed by atoms with van der Waals surface area (Å²) >= 11 is 0. The minimum absolute atomic E-state index is 0.0920. The van der Waals surface area contributed by atoms with E-state index in [1.807, 2.05) is 79.4 Å². The maximum absolute atomic E-state index is 13.8. The van der Waals surface area contributed by atoms with E-state index in [9.17, 15) is 9.59 Å². The quantitative estimate of drug-likeness (QED) is 0.281. The lowest BCUT2D eigenvalue weighted by Gasteiger charge is -2.31. The molecular formula is C31H35N3O2. The molecule has 3 aromatic carbocycles. The lowest BCUT2D eigenvalue weighted by atomic mass is 10.1. The molecule has 0 N–H and O–H groups in total. The molecule has 5 nitrogen and oxygen atoms in total. The molecule has 1 atom stereocenters. The first kappa shape index (κ1) is 25.4. The number of rotatable bonds is 9. The summed E-state index contributed by atoms with van der Waals surface area (Å²) in [7, 11) is 0. The van der Waals surface area contributed by atoms with Gasteiger partial charge in [-0.1, -0.05) is 61.9 Å². The number of para-hydroxylation sites is 1. The Hall–Kier alpha value is -3.73. The van der Waals surface area contributed by atoms with Gasteiger partial charge < -0.3 is 4.90 Å². The van der Waals surface area contributed by atoms with E-state index in [1.54, 1.807) is 4.57 Å². The molecule has 1 aromatic heterocycles. The summed E-state index contributed by atoms with van der Waals surface area (Å²) in [5, 5.41) is 0.569. The second-order valence-electron chi connectivity index (χ2n) is 9.50. The van der Waals surface area contributed by atoms with Crippen LogP contribution in [0.3, 0.4) is 0 Å². The van der Waals surface area contributed by atoms with E-state index < -0.39 is 0 Å². The standard InChI is InChI=1S/C31H35N3O2/c1-5-6-16-29(35)33(20-19-25-12-8-7-9-13-25)24(4)30-32-28-15-11-10-14-27(28)31(36)34(30)26-18-17-22(2)23(3)21-26/h7-15,17-18,21,24H,5-6,16,19-20H2,1-4H3. The highest BCUT2D eigenvalue weighted by atomic mass is 16.2. The van der Waals surface area contributed by atoms with Crippen molar-refractivity contribution in [3.8, 4) is 5.69 Å². The molecule has 1 heterocycles. The minimum Gasteiger partial charge on any atom is -0.332 e. The second kappa shape index (κ2) is 11.3. The smallest absolute Gasteiger partial charge is 0.266 e. The van der Waals surface area contributed by atoms with Gasteiger partial charge in [0.05, 0.1) is 22.6 Å². The van der Waals surface area contributed by atoms with Crippen molar-refractivity contribution in [2.45, 2.75) is 59.4 Å². The second-order valence-corrected chi connectivity index (χ2v) is 9.50. The Labute approximate surface area is 213 Å². The Balaban J connectivity index is 1.83. The van der Waals surface area contributed by atoms with Crippen LogP contribution >= 0.6 is 0 Å². The number of benzene rings is 3. The number of carbonyl (C=O) groups excluding carboxylic acids is 1. The third kappa shape index (κ3) is 5.40. The van der Waals surface area contributed by atoms with Gasteiger partial charge in [-0.2, -0.15) is 0 Å². The van der Waals surface area contributed by atoms with E-state index in [-0.39, 0.29) is 17.5 Å². The number of carbonyl (C=O) groups is 1. The molecule has 0 aliphatic rings. The number of hydrogen-bond donors (Lipinski definition) is 0. The van der Waals surface area contributed by atoms with Crippen LogP contribution in [-0.2, 0) is 11.2 Å². The van der Waals surface area contributed by atoms with Gasteiger partial charge in [0.15, 0.2) is 0 Å². The average molecular weight is 482 g/mol. The summed E-state index contributed by atoms with van der Waals surface area (Å²) in [4.78, 5) is 34.1. The van der Waals surface area contributed by atoms with Crippen molar-refractivity contribution in [1.82, 2.24) is 14.5 Å². The Bertz CT molecular complexity index is 1410. The van der Waals surface area contributed by atoms with E-state index in [0.717, 1.165) is 36.1 Å². The Kier molecular flexibility index (Phi) is 7.99. The van der Waals surface area contributed by atoms with Crippen molar-refractivity contribution in [2.24, 2.45) is 0 Å². The average Bonchev–Trinajstić information content (AvgIpc) is 2.89. The zero-order valence-corrected chi connectivity index (χ0v) is 21.7. The van der Waals surface area contributed by atoms with Gasteiger partial charge in [-0.3, -0.25) is 14.2 Å². The van der Waals surface area contributed by atoms with Crippen LogP contribution in [0.1, 0.15) is 61.7 Å². The third-order valence-corrected chi connectivity index (χ3v) is 6.94. The van der Waals surface area contributed by atoms with E-state index in [0.29, 0.717) is 29.7 Å². The van der Waals surface area contributed by atoms with E-state index >= 15 is 0 Å². The molecule has 0 radical (unpaired) electrons. The normalized spacial score (nSPS) is 12.0. The predicted octanol–water partition coefficient (Wildman–Crippen LogP) is 6.33. The SMILES string of the molecule is CCCCC(=O)N(CCc1ccccc1)C(C)c1nc2ccccc2c(=O)n1-c1ccc(C)c(C)c1. The molecule has 0 saturated heterocycles. The third-order valence-electron chi connectivity index (χ3n) is 6.94. The monoisotopic (exact) mass is 481 g/mol. The van der Waals surface area contributed by atoms with Crippen LogP contribution in [0.15, 0.2) is 77.6 Å². The van der Waals surface area contributed by atoms with Gasteiger partial charge in [0, 0.05) is 13.0 Å². The van der Waals surface area contributed by atoms with Gasteiger partial charge in [-0.05, 0) is 74.6 Å². The minimum atomic E-state index is -0.378.